The van der Waals surface area contributed by atoms with E-state index in [0.717, 1.165) is 16.7 Å². The molecule has 0 amide bonds. The molecule has 0 aromatic heterocycles. The molecule has 0 saturated carbocycles. The van der Waals surface area contributed by atoms with Crippen molar-refractivity contribution in [3.05, 3.63) is 41.5 Å². The van der Waals surface area contributed by atoms with Gasteiger partial charge in [-0.1, -0.05) is 24.8 Å². The Morgan fingerprint density at radius 2 is 2.25 bits per heavy atom. The van der Waals surface area contributed by atoms with Crippen molar-refractivity contribution in [2.75, 3.05) is 0 Å². The molecule has 0 saturated heterocycles. The van der Waals surface area contributed by atoms with Crippen molar-refractivity contribution in [2.45, 2.75) is 6.92 Å². The molecule has 0 spiro atoms. The van der Waals surface area contributed by atoms with Crippen LogP contribution < -0.4 is 5.73 Å². The van der Waals surface area contributed by atoms with E-state index in [1.807, 2.05) is 25.1 Å². The molecule has 1 aromatic carbocycles. The molecule has 0 aliphatic carbocycles. The third-order valence-corrected chi connectivity index (χ3v) is 1.81. The van der Waals surface area contributed by atoms with Crippen LogP contribution in [0, 0.1) is 12.3 Å². The maximum absolute atomic E-state index is 7.20. The number of nitrogens with two attached hydrogens (primary N) is 1. The van der Waals surface area contributed by atoms with Crippen molar-refractivity contribution >= 4 is 11.9 Å². The van der Waals surface area contributed by atoms with Gasteiger partial charge in [-0.05, 0) is 12.5 Å². The van der Waals surface area contributed by atoms with Crippen LogP contribution in [0.2, 0.25) is 0 Å². The van der Waals surface area contributed by atoms with Crippen molar-refractivity contribution in [3.63, 3.8) is 0 Å². The molecule has 1 rings (SSSR count). The Kier molecular flexibility index (Phi) is 2.29. The summed E-state index contributed by atoms with van der Waals surface area (Å²) in [6.07, 6.45) is 1.31. The van der Waals surface area contributed by atoms with Gasteiger partial charge in [-0.3, -0.25) is 0 Å². The smallest absolute Gasteiger partial charge is 0.0321 e. The third kappa shape index (κ3) is 1.37. The molecule has 0 radical (unpaired) electrons. The van der Waals surface area contributed by atoms with Gasteiger partial charge in [-0.2, -0.15) is 0 Å². The Balaban J connectivity index is 3.37. The van der Waals surface area contributed by atoms with E-state index < -0.39 is 0 Å². The third-order valence-electron chi connectivity index (χ3n) is 1.81. The molecule has 12 heavy (non-hydrogen) atoms. The SMILES string of the molecule is C=C(N)c1cccc(C)c1C=N. The fraction of sp³-hybridized carbons (Fsp3) is 0.100. The first kappa shape index (κ1) is 8.53. The van der Waals surface area contributed by atoms with Crippen molar-refractivity contribution in [3.8, 4) is 0 Å². The maximum Gasteiger partial charge on any atom is 0.0321 e. The Hall–Kier alpha value is -1.57. The van der Waals surface area contributed by atoms with E-state index in [9.17, 15) is 0 Å². The molecule has 2 heteroatoms. The summed E-state index contributed by atoms with van der Waals surface area (Å²) < 4.78 is 0. The van der Waals surface area contributed by atoms with E-state index >= 15 is 0 Å². The van der Waals surface area contributed by atoms with E-state index in [1.165, 1.54) is 6.21 Å². The summed E-state index contributed by atoms with van der Waals surface area (Å²) >= 11 is 0. The van der Waals surface area contributed by atoms with Crippen molar-refractivity contribution < 1.29 is 0 Å². The molecule has 0 unspecified atom stereocenters. The Morgan fingerprint density at radius 1 is 1.58 bits per heavy atom. The molecular formula is C10H12N2. The molecule has 1 aromatic rings. The minimum Gasteiger partial charge on any atom is -0.399 e. The van der Waals surface area contributed by atoms with Crippen molar-refractivity contribution in [1.82, 2.24) is 0 Å². The standard InChI is InChI=1S/C10H12N2/c1-7-4-3-5-9(8(2)12)10(7)6-11/h3-6,11H,2,12H2,1H3. The highest BCUT2D eigenvalue weighted by molar-refractivity contribution is 5.87. The van der Waals surface area contributed by atoms with Gasteiger partial charge >= 0.3 is 0 Å². The number of hydrogen-bond donors (Lipinski definition) is 2. The molecule has 0 fully saturated rings. The van der Waals surface area contributed by atoms with Gasteiger partial charge in [-0.25, -0.2) is 0 Å². The van der Waals surface area contributed by atoms with Crippen molar-refractivity contribution in [1.29, 1.82) is 5.41 Å². The van der Waals surface area contributed by atoms with Gasteiger partial charge in [0.05, 0.1) is 0 Å². The second kappa shape index (κ2) is 3.22. The van der Waals surface area contributed by atoms with Crippen LogP contribution in [0.5, 0.6) is 0 Å². The molecule has 3 N–H and O–H groups in total. The summed E-state index contributed by atoms with van der Waals surface area (Å²) in [6, 6.07) is 5.73. The lowest BCUT2D eigenvalue weighted by atomic mass is 10.0. The average molecular weight is 160 g/mol. The first-order chi connectivity index (χ1) is 5.66. The van der Waals surface area contributed by atoms with E-state index in [2.05, 4.69) is 6.58 Å². The molecule has 0 bridgehead atoms. The minimum absolute atomic E-state index is 0.511. The van der Waals surface area contributed by atoms with Crippen LogP contribution in [0.4, 0.5) is 0 Å². The molecule has 62 valence electrons. The van der Waals surface area contributed by atoms with Gasteiger partial charge in [-0.15, -0.1) is 0 Å². The predicted octanol–water partition coefficient (Wildman–Crippen LogP) is 1.92. The summed E-state index contributed by atoms with van der Waals surface area (Å²) in [4.78, 5) is 0. The predicted molar refractivity (Wildman–Crippen MR) is 52.3 cm³/mol. The molecule has 0 aliphatic rings. The van der Waals surface area contributed by atoms with Crippen molar-refractivity contribution in [2.24, 2.45) is 5.73 Å². The van der Waals surface area contributed by atoms with E-state index in [0.29, 0.717) is 5.70 Å². The second-order valence-electron chi connectivity index (χ2n) is 2.71. The lowest BCUT2D eigenvalue weighted by molar-refractivity contribution is 1.39. The number of benzene rings is 1. The summed E-state index contributed by atoms with van der Waals surface area (Å²) in [5.41, 5.74) is 8.83. The molecule has 0 atom stereocenters. The van der Waals surface area contributed by atoms with Crippen LogP contribution in [0.25, 0.3) is 5.70 Å². The summed E-state index contributed by atoms with van der Waals surface area (Å²) in [5, 5.41) is 7.20. The van der Waals surface area contributed by atoms with Crippen LogP contribution in [-0.2, 0) is 0 Å². The average Bonchev–Trinajstić information content (AvgIpc) is 2.03. The van der Waals surface area contributed by atoms with Gasteiger partial charge in [0.25, 0.3) is 0 Å². The molecular weight excluding hydrogens is 148 g/mol. The second-order valence-corrected chi connectivity index (χ2v) is 2.71. The van der Waals surface area contributed by atoms with Gasteiger partial charge in [0, 0.05) is 23.0 Å². The highest BCUT2D eigenvalue weighted by Crippen LogP contribution is 2.15. The normalized spacial score (nSPS) is 9.42. The fourth-order valence-electron chi connectivity index (χ4n) is 1.15. The molecule has 2 nitrogen and oxygen atoms in total. The Morgan fingerprint density at radius 3 is 2.67 bits per heavy atom. The van der Waals surface area contributed by atoms with E-state index in [-0.39, 0.29) is 0 Å². The van der Waals surface area contributed by atoms with E-state index in [1.54, 1.807) is 0 Å². The fourth-order valence-corrected chi connectivity index (χ4v) is 1.15. The lowest BCUT2D eigenvalue weighted by Crippen LogP contribution is -2.00. The van der Waals surface area contributed by atoms with Gasteiger partial charge in [0.15, 0.2) is 0 Å². The van der Waals surface area contributed by atoms with Crippen LogP contribution in [0.15, 0.2) is 24.8 Å². The first-order valence-electron chi connectivity index (χ1n) is 3.71. The molecule has 0 heterocycles. The first-order valence-corrected chi connectivity index (χ1v) is 3.71. The van der Waals surface area contributed by atoms with Gasteiger partial charge < -0.3 is 11.1 Å². The van der Waals surface area contributed by atoms with Crippen LogP contribution in [0.3, 0.4) is 0 Å². The van der Waals surface area contributed by atoms with E-state index in [4.69, 9.17) is 11.1 Å². The lowest BCUT2D eigenvalue weighted by Gasteiger charge is -2.06. The quantitative estimate of drug-likeness (QED) is 0.638. The largest absolute Gasteiger partial charge is 0.399 e. The Bertz CT molecular complexity index is 327. The zero-order valence-electron chi connectivity index (χ0n) is 7.09. The number of hydrogen-bond acceptors (Lipinski definition) is 2. The summed E-state index contributed by atoms with van der Waals surface area (Å²) in [6.45, 7) is 5.60. The van der Waals surface area contributed by atoms with Crippen LogP contribution in [-0.4, -0.2) is 6.21 Å². The minimum atomic E-state index is 0.511. The van der Waals surface area contributed by atoms with Crippen LogP contribution in [0.1, 0.15) is 16.7 Å². The van der Waals surface area contributed by atoms with Gasteiger partial charge in [0.2, 0.25) is 0 Å². The number of rotatable bonds is 2. The Labute approximate surface area is 72.2 Å². The maximum atomic E-state index is 7.20. The highest BCUT2D eigenvalue weighted by Gasteiger charge is 2.02. The summed E-state index contributed by atoms with van der Waals surface area (Å²) in [7, 11) is 0. The monoisotopic (exact) mass is 160 g/mol. The zero-order chi connectivity index (χ0) is 9.14. The topological polar surface area (TPSA) is 49.9 Å². The number of aryl methyl sites for hydroxylation is 1. The van der Waals surface area contributed by atoms with Crippen LogP contribution >= 0.6 is 0 Å². The zero-order valence-corrected chi connectivity index (χ0v) is 7.09. The highest BCUT2D eigenvalue weighted by atomic mass is 14.6. The number of nitrogens with one attached hydrogen (secondary N) is 1. The summed E-state index contributed by atoms with van der Waals surface area (Å²) in [5.74, 6) is 0. The van der Waals surface area contributed by atoms with Gasteiger partial charge in [0.1, 0.15) is 0 Å². The molecule has 0 aliphatic heterocycles.